The average molecular weight is 421 g/mol. The summed E-state index contributed by atoms with van der Waals surface area (Å²) in [6.07, 6.45) is 1.51. The summed E-state index contributed by atoms with van der Waals surface area (Å²) in [6.45, 7) is 0.164. The third-order valence-corrected chi connectivity index (χ3v) is 4.50. The van der Waals surface area contributed by atoms with Crippen molar-refractivity contribution >= 4 is 17.9 Å². The number of carbonyl (C=O) groups excluding carboxylic acids is 1. The Kier molecular flexibility index (Phi) is 5.75. The maximum absolute atomic E-state index is 13.9. The van der Waals surface area contributed by atoms with Crippen molar-refractivity contribution in [2.24, 2.45) is 4.99 Å². The highest BCUT2D eigenvalue weighted by Crippen LogP contribution is 2.30. The molecule has 0 aliphatic carbocycles. The highest BCUT2D eigenvalue weighted by Gasteiger charge is 2.26. The van der Waals surface area contributed by atoms with Crippen LogP contribution in [0, 0.1) is 11.6 Å². The van der Waals surface area contributed by atoms with Gasteiger partial charge in [0.1, 0.15) is 18.2 Å². The van der Waals surface area contributed by atoms with Crippen LogP contribution in [0.25, 0.3) is 6.08 Å². The van der Waals surface area contributed by atoms with E-state index in [0.29, 0.717) is 22.6 Å². The summed E-state index contributed by atoms with van der Waals surface area (Å²) >= 11 is 0. The van der Waals surface area contributed by atoms with Crippen molar-refractivity contribution in [3.8, 4) is 11.5 Å². The fourth-order valence-electron chi connectivity index (χ4n) is 3.00. The molecule has 0 radical (unpaired) electrons. The summed E-state index contributed by atoms with van der Waals surface area (Å²) in [5, 5.41) is 0. The molecule has 0 aromatic heterocycles. The Balaban J connectivity index is 1.55. The molecule has 0 saturated carbocycles. The number of cyclic esters (lactones) is 1. The minimum atomic E-state index is -0.677. The van der Waals surface area contributed by atoms with Crippen molar-refractivity contribution in [3.63, 3.8) is 0 Å². The van der Waals surface area contributed by atoms with Gasteiger partial charge in [0.05, 0.1) is 12.7 Å². The van der Waals surface area contributed by atoms with Crippen molar-refractivity contribution in [2.75, 3.05) is 7.11 Å². The Bertz CT molecular complexity index is 1200. The van der Waals surface area contributed by atoms with Gasteiger partial charge in [-0.3, -0.25) is 0 Å². The van der Waals surface area contributed by atoms with E-state index in [0.717, 1.165) is 0 Å². The van der Waals surface area contributed by atoms with Gasteiger partial charge in [-0.15, -0.1) is 0 Å². The van der Waals surface area contributed by atoms with Crippen molar-refractivity contribution in [1.29, 1.82) is 0 Å². The quantitative estimate of drug-likeness (QED) is 0.420. The lowest BCUT2D eigenvalue weighted by Gasteiger charge is -2.11. The van der Waals surface area contributed by atoms with Gasteiger partial charge in [-0.05, 0) is 53.6 Å². The molecule has 0 bridgehead atoms. The monoisotopic (exact) mass is 421 g/mol. The number of aliphatic imine (C=N–C) groups is 1. The first-order valence-corrected chi connectivity index (χ1v) is 9.36. The summed E-state index contributed by atoms with van der Waals surface area (Å²) in [4.78, 5) is 16.3. The van der Waals surface area contributed by atoms with E-state index >= 15 is 0 Å². The van der Waals surface area contributed by atoms with Gasteiger partial charge < -0.3 is 14.2 Å². The van der Waals surface area contributed by atoms with Crippen LogP contribution in [0.1, 0.15) is 16.7 Å². The maximum Gasteiger partial charge on any atom is 0.363 e. The number of rotatable bonds is 6. The van der Waals surface area contributed by atoms with Gasteiger partial charge in [-0.25, -0.2) is 18.6 Å². The third-order valence-electron chi connectivity index (χ3n) is 4.50. The van der Waals surface area contributed by atoms with Crippen LogP contribution >= 0.6 is 0 Å². The molecule has 0 fully saturated rings. The number of hydrogen-bond acceptors (Lipinski definition) is 5. The average Bonchev–Trinajstić information content (AvgIpc) is 3.13. The van der Waals surface area contributed by atoms with Crippen LogP contribution in [-0.4, -0.2) is 19.0 Å². The van der Waals surface area contributed by atoms with Crippen LogP contribution in [0.3, 0.4) is 0 Å². The molecule has 3 aromatic rings. The molecule has 156 valence electrons. The minimum Gasteiger partial charge on any atom is -0.493 e. The zero-order valence-corrected chi connectivity index (χ0v) is 16.5. The predicted octanol–water partition coefficient (Wildman–Crippen LogP) is 4.90. The van der Waals surface area contributed by atoms with Crippen molar-refractivity contribution in [3.05, 3.63) is 101 Å². The first kappa shape index (κ1) is 20.3. The van der Waals surface area contributed by atoms with E-state index in [9.17, 15) is 13.6 Å². The van der Waals surface area contributed by atoms with Crippen LogP contribution in [0.15, 0.2) is 77.4 Å². The number of nitrogens with zero attached hydrogens (tertiary/aromatic N) is 1. The lowest BCUT2D eigenvalue weighted by molar-refractivity contribution is -0.129. The Morgan fingerprint density at radius 1 is 1.00 bits per heavy atom. The summed E-state index contributed by atoms with van der Waals surface area (Å²) in [7, 11) is 1.49. The molecular weight excluding hydrogens is 404 g/mol. The number of ether oxygens (including phenoxy) is 3. The summed E-state index contributed by atoms with van der Waals surface area (Å²) in [5.41, 5.74) is 1.43. The predicted molar refractivity (Wildman–Crippen MR) is 111 cm³/mol. The molecule has 5 nitrogen and oxygen atoms in total. The Morgan fingerprint density at radius 3 is 2.61 bits per heavy atom. The largest absolute Gasteiger partial charge is 0.493 e. The standard InChI is InChI=1S/C24H17F2NO4/c1-29-22-13-15(9-10-21(22)30-14-16-5-4-6-17(25)11-16)12-20-24(28)31-23(27-20)18-7-2-3-8-19(18)26/h2-13H,14H2,1H3/b20-12-. The van der Waals surface area contributed by atoms with E-state index < -0.39 is 11.8 Å². The highest BCUT2D eigenvalue weighted by atomic mass is 19.1. The van der Waals surface area contributed by atoms with Gasteiger partial charge in [0, 0.05) is 0 Å². The number of carbonyl (C=O) groups is 1. The zero-order chi connectivity index (χ0) is 21.8. The topological polar surface area (TPSA) is 57.1 Å². The van der Waals surface area contributed by atoms with E-state index in [-0.39, 0.29) is 29.6 Å². The lowest BCUT2D eigenvalue weighted by atomic mass is 10.1. The van der Waals surface area contributed by atoms with Gasteiger partial charge in [0.2, 0.25) is 5.90 Å². The fourth-order valence-corrected chi connectivity index (χ4v) is 3.00. The van der Waals surface area contributed by atoms with Crippen LogP contribution in [-0.2, 0) is 16.1 Å². The normalized spacial score (nSPS) is 14.4. The number of esters is 1. The first-order chi connectivity index (χ1) is 15.0. The van der Waals surface area contributed by atoms with Crippen LogP contribution in [0.4, 0.5) is 8.78 Å². The van der Waals surface area contributed by atoms with Gasteiger partial charge in [-0.2, -0.15) is 0 Å². The molecule has 31 heavy (non-hydrogen) atoms. The SMILES string of the molecule is COc1cc(/C=C2\N=C(c3ccccc3F)OC2=O)ccc1OCc1cccc(F)c1. The second kappa shape index (κ2) is 8.79. The maximum atomic E-state index is 13.9. The Labute approximate surface area is 177 Å². The molecule has 3 aromatic carbocycles. The van der Waals surface area contributed by atoms with E-state index in [1.807, 2.05) is 0 Å². The van der Waals surface area contributed by atoms with Gasteiger partial charge >= 0.3 is 5.97 Å². The number of methoxy groups -OCH3 is 1. The van der Waals surface area contributed by atoms with Crippen molar-refractivity contribution < 1.29 is 27.8 Å². The van der Waals surface area contributed by atoms with Gasteiger partial charge in [0.15, 0.2) is 17.2 Å². The number of benzene rings is 3. The van der Waals surface area contributed by atoms with E-state index in [4.69, 9.17) is 14.2 Å². The molecule has 0 unspecified atom stereocenters. The molecule has 0 amide bonds. The van der Waals surface area contributed by atoms with Crippen LogP contribution in [0.5, 0.6) is 11.5 Å². The van der Waals surface area contributed by atoms with E-state index in [2.05, 4.69) is 4.99 Å². The van der Waals surface area contributed by atoms with E-state index in [1.54, 1.807) is 36.4 Å². The van der Waals surface area contributed by atoms with Crippen molar-refractivity contribution in [1.82, 2.24) is 0 Å². The van der Waals surface area contributed by atoms with Gasteiger partial charge in [0.25, 0.3) is 0 Å². The summed E-state index contributed by atoms with van der Waals surface area (Å²) < 4.78 is 43.5. The number of halogens is 2. The summed E-state index contributed by atoms with van der Waals surface area (Å²) in [5.74, 6) is -0.751. The molecule has 1 aliphatic rings. The molecule has 0 saturated heterocycles. The molecule has 1 heterocycles. The zero-order valence-electron chi connectivity index (χ0n) is 16.5. The second-order valence-electron chi connectivity index (χ2n) is 6.64. The minimum absolute atomic E-state index is 0.0359. The Hall–Kier alpha value is -4.00. The first-order valence-electron chi connectivity index (χ1n) is 9.36. The molecule has 4 rings (SSSR count). The molecule has 1 aliphatic heterocycles. The number of hydrogen-bond donors (Lipinski definition) is 0. The molecule has 0 atom stereocenters. The fraction of sp³-hybridized carbons (Fsp3) is 0.0833. The van der Waals surface area contributed by atoms with Crippen molar-refractivity contribution in [2.45, 2.75) is 6.61 Å². The van der Waals surface area contributed by atoms with Crippen LogP contribution < -0.4 is 9.47 Å². The third kappa shape index (κ3) is 4.61. The Morgan fingerprint density at radius 2 is 1.84 bits per heavy atom. The van der Waals surface area contributed by atoms with Crippen LogP contribution in [0.2, 0.25) is 0 Å². The molecule has 7 heteroatoms. The van der Waals surface area contributed by atoms with E-state index in [1.165, 1.54) is 43.5 Å². The molecule has 0 N–H and O–H groups in total. The van der Waals surface area contributed by atoms with Gasteiger partial charge in [-0.1, -0.05) is 30.3 Å². The molecule has 0 spiro atoms. The smallest absolute Gasteiger partial charge is 0.363 e. The summed E-state index contributed by atoms with van der Waals surface area (Å²) in [6, 6.07) is 17.1. The lowest BCUT2D eigenvalue weighted by Crippen LogP contribution is -2.07. The highest BCUT2D eigenvalue weighted by molar-refractivity contribution is 6.12. The second-order valence-corrected chi connectivity index (χ2v) is 6.64. The molecular formula is C24H17F2NO4.